The fourth-order valence-electron chi connectivity index (χ4n) is 1.80. The van der Waals surface area contributed by atoms with Crippen molar-refractivity contribution in [2.45, 2.75) is 43.7 Å². The van der Waals surface area contributed by atoms with Crippen molar-refractivity contribution in [1.82, 2.24) is 9.71 Å². The van der Waals surface area contributed by atoms with Crippen molar-refractivity contribution in [2.75, 3.05) is 6.67 Å². The Hall–Kier alpha value is -0.940. The number of hydrogen-bond acceptors (Lipinski definition) is 3. The summed E-state index contributed by atoms with van der Waals surface area (Å²) in [4.78, 5) is 14.8. The minimum absolute atomic E-state index is 0.157. The first kappa shape index (κ1) is 22.1. The molecule has 0 spiro atoms. The van der Waals surface area contributed by atoms with Gasteiger partial charge in [-0.15, -0.1) is 0 Å². The molecule has 0 aliphatic rings. The summed E-state index contributed by atoms with van der Waals surface area (Å²) >= 11 is 2.97. The summed E-state index contributed by atoms with van der Waals surface area (Å²) in [6.45, 7) is 2.85. The number of nitrogens with one attached hydrogen (secondary N) is 1. The molecule has 0 saturated carbocycles. The van der Waals surface area contributed by atoms with Crippen molar-refractivity contribution in [1.29, 1.82) is 0 Å². The van der Waals surface area contributed by atoms with Crippen molar-refractivity contribution >= 4 is 32.7 Å². The summed E-state index contributed by atoms with van der Waals surface area (Å²) in [5, 5.41) is 0. The maximum atomic E-state index is 14.1. The molecule has 0 radical (unpaired) electrons. The van der Waals surface area contributed by atoms with Crippen LogP contribution in [0.4, 0.5) is 22.0 Å². The third kappa shape index (κ3) is 5.52. The number of pyridine rings is 1. The van der Waals surface area contributed by atoms with Gasteiger partial charge in [-0.3, -0.25) is 4.79 Å². The lowest BCUT2D eigenvalue weighted by Gasteiger charge is -2.34. The van der Waals surface area contributed by atoms with E-state index in [9.17, 15) is 31.0 Å². The zero-order chi connectivity index (χ0) is 19.6. The predicted molar refractivity (Wildman–Crippen MR) is 86.3 cm³/mol. The van der Waals surface area contributed by atoms with Gasteiger partial charge >= 0.3 is 6.18 Å². The second-order valence-electron chi connectivity index (χ2n) is 6.29. The molecule has 0 saturated heterocycles. The molecule has 0 aliphatic carbocycles. The van der Waals surface area contributed by atoms with Gasteiger partial charge in [0, 0.05) is 22.7 Å². The van der Waals surface area contributed by atoms with Crippen LogP contribution in [0.2, 0.25) is 0 Å². The lowest BCUT2D eigenvalue weighted by atomic mass is 9.87. The maximum absolute atomic E-state index is 14.1. The number of hydrogen-bond donors (Lipinski definition) is 1. The number of halogens is 6. The van der Waals surface area contributed by atoms with Crippen LogP contribution in [0.1, 0.15) is 32.8 Å². The molecule has 1 aromatic heterocycles. The molecule has 1 N–H and O–H groups in total. The summed E-state index contributed by atoms with van der Waals surface area (Å²) in [6.07, 6.45) is -5.70. The van der Waals surface area contributed by atoms with Crippen LogP contribution in [0, 0.1) is 5.95 Å². The predicted octanol–water partition coefficient (Wildman–Crippen LogP) is 3.72. The van der Waals surface area contributed by atoms with E-state index in [1.165, 1.54) is 20.8 Å². The summed E-state index contributed by atoms with van der Waals surface area (Å²) < 4.78 is 79.7. The van der Waals surface area contributed by atoms with Crippen molar-refractivity contribution in [2.24, 2.45) is 0 Å². The van der Waals surface area contributed by atoms with Crippen molar-refractivity contribution < 1.29 is 31.0 Å². The van der Waals surface area contributed by atoms with Gasteiger partial charge in [0.2, 0.25) is 11.7 Å². The van der Waals surface area contributed by atoms with Crippen LogP contribution in [0.25, 0.3) is 0 Å². The van der Waals surface area contributed by atoms with Crippen LogP contribution in [-0.2, 0) is 21.3 Å². The molecule has 0 aromatic carbocycles. The number of carbonyl (C=O) groups is 1. The number of carbonyl (C=O) groups excluding carboxylic acids is 1. The number of aromatic nitrogens is 1. The number of ketones is 1. The average molecular weight is 451 g/mol. The molecule has 1 rings (SSSR count). The highest BCUT2D eigenvalue weighted by molar-refractivity contribution is 9.10. The smallest absolute Gasteiger partial charge is 0.289 e. The van der Waals surface area contributed by atoms with Gasteiger partial charge < -0.3 is 0 Å². The van der Waals surface area contributed by atoms with Crippen LogP contribution in [-0.4, -0.2) is 32.6 Å². The van der Waals surface area contributed by atoms with E-state index in [-0.39, 0.29) is 4.47 Å². The Morgan fingerprint density at radius 2 is 1.88 bits per heavy atom. The van der Waals surface area contributed by atoms with Crippen LogP contribution in [0.3, 0.4) is 0 Å². The van der Waals surface area contributed by atoms with E-state index in [0.29, 0.717) is 0 Å². The topological polar surface area (TPSA) is 59.1 Å². The SMILES string of the molecule is CC(C)(C)S(=O)NC(CF)(CC(=O)C(F)(F)F)c1cc(Br)cnc1F. The summed E-state index contributed by atoms with van der Waals surface area (Å²) in [5.41, 5.74) is -3.11. The first-order valence-electron chi connectivity index (χ1n) is 6.90. The number of nitrogens with zero attached hydrogens (tertiary/aromatic N) is 1. The zero-order valence-electron chi connectivity index (χ0n) is 13.5. The van der Waals surface area contributed by atoms with Crippen LogP contribution >= 0.6 is 15.9 Å². The Labute approximate surface area is 152 Å². The van der Waals surface area contributed by atoms with Crippen molar-refractivity contribution in [3.63, 3.8) is 0 Å². The molecule has 0 bridgehead atoms. The number of Topliss-reactive ketones (excluding diaryl/α,β-unsaturated/α-hetero) is 1. The van der Waals surface area contributed by atoms with Crippen LogP contribution < -0.4 is 4.72 Å². The van der Waals surface area contributed by atoms with Gasteiger partial charge in [-0.2, -0.15) is 17.6 Å². The molecule has 0 amide bonds. The first-order valence-corrected chi connectivity index (χ1v) is 8.84. The van der Waals surface area contributed by atoms with Crippen LogP contribution in [0.15, 0.2) is 16.7 Å². The molecule has 0 aliphatic heterocycles. The standard InChI is InChI=1S/C14H16BrF5N2O2S/c1-12(2,3)25(24)22-13(7-16,5-10(23)14(18,19)20)9-4-8(15)6-21-11(9)17/h4,6,22H,5,7H2,1-3H3. The van der Waals surface area contributed by atoms with Gasteiger partial charge in [-0.05, 0) is 42.8 Å². The molecular formula is C14H16BrF5N2O2S. The Kier molecular flexibility index (Phi) is 6.85. The van der Waals surface area contributed by atoms with Gasteiger partial charge in [0.1, 0.15) is 6.67 Å². The third-order valence-corrected chi connectivity index (χ3v) is 5.29. The fourth-order valence-corrected chi connectivity index (χ4v) is 3.02. The first-order chi connectivity index (χ1) is 11.2. The van der Waals surface area contributed by atoms with Crippen molar-refractivity contribution in [3.8, 4) is 0 Å². The molecule has 0 fully saturated rings. The van der Waals surface area contributed by atoms with E-state index in [4.69, 9.17) is 0 Å². The molecule has 25 heavy (non-hydrogen) atoms. The normalized spacial score (nSPS) is 16.4. The van der Waals surface area contributed by atoms with E-state index in [2.05, 4.69) is 25.6 Å². The van der Waals surface area contributed by atoms with Gasteiger partial charge in [-0.25, -0.2) is 18.3 Å². The van der Waals surface area contributed by atoms with E-state index in [1.807, 2.05) is 0 Å². The molecular weight excluding hydrogens is 435 g/mol. The number of alkyl halides is 4. The maximum Gasteiger partial charge on any atom is 0.450 e. The second kappa shape index (κ2) is 7.75. The monoisotopic (exact) mass is 450 g/mol. The lowest BCUT2D eigenvalue weighted by Crippen LogP contribution is -2.52. The van der Waals surface area contributed by atoms with Gasteiger partial charge in [0.15, 0.2) is 0 Å². The molecule has 1 aromatic rings. The van der Waals surface area contributed by atoms with Crippen molar-refractivity contribution in [3.05, 3.63) is 28.2 Å². The largest absolute Gasteiger partial charge is 0.450 e. The van der Waals surface area contributed by atoms with Gasteiger partial charge in [-0.1, -0.05) is 0 Å². The second-order valence-corrected chi connectivity index (χ2v) is 9.17. The summed E-state index contributed by atoms with van der Waals surface area (Å²) in [7, 11) is -2.08. The van der Waals surface area contributed by atoms with E-state index in [0.717, 1.165) is 12.3 Å². The quantitative estimate of drug-likeness (QED) is 0.530. The van der Waals surface area contributed by atoms with E-state index in [1.54, 1.807) is 0 Å². The molecule has 4 nitrogen and oxygen atoms in total. The van der Waals surface area contributed by atoms with Gasteiger partial charge in [0.05, 0.1) is 21.3 Å². The highest BCUT2D eigenvalue weighted by Crippen LogP contribution is 2.34. The Bertz CT molecular complexity index is 648. The molecule has 2 atom stereocenters. The highest BCUT2D eigenvalue weighted by atomic mass is 79.9. The number of rotatable bonds is 6. The molecule has 1 heterocycles. The highest BCUT2D eigenvalue weighted by Gasteiger charge is 2.48. The average Bonchev–Trinajstić information content (AvgIpc) is 2.46. The molecule has 11 heteroatoms. The van der Waals surface area contributed by atoms with E-state index >= 15 is 0 Å². The van der Waals surface area contributed by atoms with Crippen LogP contribution in [0.5, 0.6) is 0 Å². The Balaban J connectivity index is 3.50. The minimum Gasteiger partial charge on any atom is -0.289 e. The summed E-state index contributed by atoms with van der Waals surface area (Å²) in [6, 6.07) is 0.998. The Morgan fingerprint density at radius 3 is 2.32 bits per heavy atom. The van der Waals surface area contributed by atoms with Gasteiger partial charge in [0.25, 0.3) is 0 Å². The lowest BCUT2D eigenvalue weighted by molar-refractivity contribution is -0.172. The zero-order valence-corrected chi connectivity index (χ0v) is 15.9. The fraction of sp³-hybridized carbons (Fsp3) is 0.571. The molecule has 142 valence electrons. The van der Waals surface area contributed by atoms with E-state index < -0.39 is 57.8 Å². The minimum atomic E-state index is -5.25. The molecule has 2 unspecified atom stereocenters. The third-order valence-electron chi connectivity index (χ3n) is 3.17. The summed E-state index contributed by atoms with van der Waals surface area (Å²) in [5.74, 6) is -3.54. The Morgan fingerprint density at radius 1 is 1.32 bits per heavy atom.